The Morgan fingerprint density at radius 1 is 1.44 bits per heavy atom. The van der Waals surface area contributed by atoms with Crippen molar-refractivity contribution in [2.45, 2.75) is 32.2 Å². The second kappa shape index (κ2) is 6.72. The molecule has 0 rings (SSSR count). The maximum atomic E-state index is 10.7. The van der Waals surface area contributed by atoms with Gasteiger partial charge in [0, 0.05) is 18.3 Å². The normalized spacial score (nSPS) is 11.9. The van der Waals surface area contributed by atoms with Gasteiger partial charge in [0.1, 0.15) is 0 Å². The quantitative estimate of drug-likeness (QED) is 0.279. The van der Waals surface area contributed by atoms with E-state index in [1.807, 2.05) is 0 Å². The molecule has 2 N–H and O–H groups in total. The molecule has 0 saturated carbocycles. The molecule has 16 heavy (non-hydrogen) atoms. The Bertz CT molecular complexity index is 280. The van der Waals surface area contributed by atoms with Crippen molar-refractivity contribution in [1.29, 1.82) is 0 Å². The van der Waals surface area contributed by atoms with Gasteiger partial charge in [0.05, 0.1) is 0 Å². The van der Waals surface area contributed by atoms with Gasteiger partial charge in [0.15, 0.2) is 6.04 Å². The lowest BCUT2D eigenvalue weighted by Gasteiger charge is -2.20. The zero-order valence-electron chi connectivity index (χ0n) is 8.83. The highest BCUT2D eigenvalue weighted by molar-refractivity contribution is 5.81. The number of unbranched alkanes of at least 4 members (excludes halogenated alkanes) is 1. The van der Waals surface area contributed by atoms with Gasteiger partial charge in [-0.25, -0.2) is 9.86 Å². The van der Waals surface area contributed by atoms with Crippen LogP contribution in [-0.4, -0.2) is 44.8 Å². The van der Waals surface area contributed by atoms with Crippen molar-refractivity contribution in [2.24, 2.45) is 0 Å². The minimum Gasteiger partial charge on any atom is -0.480 e. The van der Waals surface area contributed by atoms with Crippen LogP contribution in [0.1, 0.15) is 26.2 Å². The Labute approximate surface area is 91.6 Å². The van der Waals surface area contributed by atoms with Crippen LogP contribution < -0.4 is 0 Å². The molecule has 92 valence electrons. The fourth-order valence-corrected chi connectivity index (χ4v) is 1.15. The van der Waals surface area contributed by atoms with Crippen LogP contribution in [0.2, 0.25) is 0 Å². The number of hydrogen-bond donors (Lipinski definition) is 2. The first-order valence-electron chi connectivity index (χ1n) is 4.69. The number of aliphatic carboxylic acids is 1. The number of nitro groups is 1. The van der Waals surface area contributed by atoms with Crippen LogP contribution in [0.5, 0.6) is 0 Å². The van der Waals surface area contributed by atoms with Gasteiger partial charge in [-0.15, -0.1) is 0 Å². The van der Waals surface area contributed by atoms with Gasteiger partial charge in [0.25, 0.3) is 0 Å². The highest BCUT2D eigenvalue weighted by atomic mass is 16.6. The molecule has 0 aromatic carbocycles. The molecule has 8 nitrogen and oxygen atoms in total. The molecule has 0 spiro atoms. The number of amides is 1. The van der Waals surface area contributed by atoms with Gasteiger partial charge in [-0.2, -0.15) is 0 Å². The average Bonchev–Trinajstić information content (AvgIpc) is 2.15. The predicted molar refractivity (Wildman–Crippen MR) is 51.4 cm³/mol. The van der Waals surface area contributed by atoms with E-state index < -0.39 is 22.8 Å². The van der Waals surface area contributed by atoms with Gasteiger partial charge in [-0.05, 0) is 12.8 Å². The monoisotopic (exact) mass is 234 g/mol. The third-order valence-corrected chi connectivity index (χ3v) is 1.97. The standard InChI is InChI=1S/C8H14N2O6/c1-6(11)10(16)7(8(12)13)4-2-3-5-9(14)15/h7,16H,2-5H2,1H3,(H,12,13)/t7-/m0/s1. The van der Waals surface area contributed by atoms with Gasteiger partial charge in [0.2, 0.25) is 12.5 Å². The molecule has 0 unspecified atom stereocenters. The highest BCUT2D eigenvalue weighted by Gasteiger charge is 2.26. The molecule has 0 aliphatic heterocycles. The second-order valence-electron chi connectivity index (χ2n) is 3.27. The van der Waals surface area contributed by atoms with E-state index in [4.69, 9.17) is 10.3 Å². The maximum Gasteiger partial charge on any atom is 0.329 e. The number of carboxylic acid groups (broad SMARTS) is 1. The van der Waals surface area contributed by atoms with Gasteiger partial charge >= 0.3 is 5.97 Å². The van der Waals surface area contributed by atoms with E-state index in [-0.39, 0.29) is 30.9 Å². The Morgan fingerprint density at radius 2 is 2.00 bits per heavy atom. The molecule has 1 atom stereocenters. The molecule has 0 radical (unpaired) electrons. The van der Waals surface area contributed by atoms with E-state index in [1.165, 1.54) is 0 Å². The number of carbonyl (C=O) groups is 2. The summed E-state index contributed by atoms with van der Waals surface area (Å²) in [5.41, 5.74) is 0. The van der Waals surface area contributed by atoms with E-state index in [1.54, 1.807) is 0 Å². The molecule has 0 aliphatic carbocycles. The summed E-state index contributed by atoms with van der Waals surface area (Å²) in [5, 5.41) is 28.0. The van der Waals surface area contributed by atoms with E-state index in [2.05, 4.69) is 0 Å². The first-order chi connectivity index (χ1) is 7.36. The number of nitrogens with zero attached hydrogens (tertiary/aromatic N) is 2. The molecule has 0 aromatic heterocycles. The third kappa shape index (κ3) is 5.25. The van der Waals surface area contributed by atoms with Gasteiger partial charge < -0.3 is 5.11 Å². The predicted octanol–water partition coefficient (Wildman–Crippen LogP) is 0.124. The molecule has 0 aliphatic rings. The summed E-state index contributed by atoms with van der Waals surface area (Å²) in [5.74, 6) is -2.11. The molecule has 0 saturated heterocycles. The Hall–Kier alpha value is -1.70. The van der Waals surface area contributed by atoms with Gasteiger partial charge in [-0.3, -0.25) is 20.1 Å². The van der Waals surface area contributed by atoms with Crippen LogP contribution in [0.15, 0.2) is 0 Å². The lowest BCUT2D eigenvalue weighted by atomic mass is 10.1. The van der Waals surface area contributed by atoms with Crippen molar-refractivity contribution in [1.82, 2.24) is 5.06 Å². The highest BCUT2D eigenvalue weighted by Crippen LogP contribution is 2.08. The minimum atomic E-state index is -1.34. The van der Waals surface area contributed by atoms with Crippen LogP contribution in [0.4, 0.5) is 0 Å². The lowest BCUT2D eigenvalue weighted by molar-refractivity contribution is -0.480. The molecule has 0 bridgehead atoms. The van der Waals surface area contributed by atoms with Crippen LogP contribution in [0.25, 0.3) is 0 Å². The summed E-state index contributed by atoms with van der Waals surface area (Å²) < 4.78 is 0. The molecular weight excluding hydrogens is 220 g/mol. The minimum absolute atomic E-state index is 0.0146. The Kier molecular flexibility index (Phi) is 6.01. The van der Waals surface area contributed by atoms with E-state index in [0.717, 1.165) is 6.92 Å². The first-order valence-corrected chi connectivity index (χ1v) is 4.69. The largest absolute Gasteiger partial charge is 0.480 e. The molecule has 0 fully saturated rings. The summed E-state index contributed by atoms with van der Waals surface area (Å²) >= 11 is 0. The van der Waals surface area contributed by atoms with Gasteiger partial charge in [-0.1, -0.05) is 0 Å². The van der Waals surface area contributed by atoms with Crippen molar-refractivity contribution in [2.75, 3.05) is 6.54 Å². The lowest BCUT2D eigenvalue weighted by Crippen LogP contribution is -2.41. The summed E-state index contributed by atoms with van der Waals surface area (Å²) in [7, 11) is 0. The zero-order chi connectivity index (χ0) is 12.7. The fourth-order valence-electron chi connectivity index (χ4n) is 1.15. The molecule has 1 amide bonds. The summed E-state index contributed by atoms with van der Waals surface area (Å²) in [6.07, 6.45) is 0.448. The fraction of sp³-hybridized carbons (Fsp3) is 0.750. The van der Waals surface area contributed by atoms with Crippen molar-refractivity contribution >= 4 is 11.9 Å². The molecule has 0 heterocycles. The maximum absolute atomic E-state index is 10.7. The Balaban J connectivity index is 4.10. The van der Waals surface area contributed by atoms with E-state index in [0.29, 0.717) is 0 Å². The second-order valence-corrected chi connectivity index (χ2v) is 3.27. The summed E-state index contributed by atoms with van der Waals surface area (Å²) in [4.78, 5) is 30.9. The zero-order valence-corrected chi connectivity index (χ0v) is 8.83. The number of carbonyl (C=O) groups excluding carboxylic acids is 1. The van der Waals surface area contributed by atoms with Crippen molar-refractivity contribution in [3.05, 3.63) is 10.1 Å². The number of hydroxylamine groups is 2. The SMILES string of the molecule is CC(=O)N(O)[C@@H](CCCC[N+](=O)[O-])C(=O)O. The van der Waals surface area contributed by atoms with Crippen molar-refractivity contribution < 1.29 is 24.8 Å². The molecular formula is C8H14N2O6. The molecule has 8 heteroatoms. The van der Waals surface area contributed by atoms with Crippen LogP contribution >= 0.6 is 0 Å². The van der Waals surface area contributed by atoms with Crippen LogP contribution in [0, 0.1) is 10.1 Å². The summed E-state index contributed by atoms with van der Waals surface area (Å²) in [6, 6.07) is -1.34. The molecule has 0 aromatic rings. The number of rotatable bonds is 7. The number of carboxylic acids is 1. The average molecular weight is 234 g/mol. The van der Waals surface area contributed by atoms with Crippen molar-refractivity contribution in [3.8, 4) is 0 Å². The van der Waals surface area contributed by atoms with Crippen molar-refractivity contribution in [3.63, 3.8) is 0 Å². The Morgan fingerprint density at radius 3 is 2.38 bits per heavy atom. The van der Waals surface area contributed by atoms with E-state index >= 15 is 0 Å². The number of hydrogen-bond acceptors (Lipinski definition) is 5. The smallest absolute Gasteiger partial charge is 0.329 e. The van der Waals surface area contributed by atoms with Crippen LogP contribution in [0.3, 0.4) is 0 Å². The van der Waals surface area contributed by atoms with E-state index in [9.17, 15) is 19.7 Å². The van der Waals surface area contributed by atoms with Crippen LogP contribution in [-0.2, 0) is 9.59 Å². The first kappa shape index (κ1) is 14.3. The topological polar surface area (TPSA) is 121 Å². The third-order valence-electron chi connectivity index (χ3n) is 1.97. The summed E-state index contributed by atoms with van der Waals surface area (Å²) in [6.45, 7) is 0.783.